The Morgan fingerprint density at radius 1 is 1.26 bits per heavy atom. The van der Waals surface area contributed by atoms with Gasteiger partial charge in [0, 0.05) is 39.8 Å². The molecule has 1 aliphatic rings. The molecule has 1 fully saturated rings. The van der Waals surface area contributed by atoms with Crippen LogP contribution in [0.15, 0.2) is 24.3 Å². The second-order valence-electron chi connectivity index (χ2n) is 4.58. The minimum Gasteiger partial charge on any atom is -0.508 e. The van der Waals surface area contributed by atoms with E-state index >= 15 is 0 Å². The fraction of sp³-hybridized carbons (Fsp3) is 0.500. The lowest BCUT2D eigenvalue weighted by Crippen LogP contribution is -2.50. The largest absolute Gasteiger partial charge is 0.508 e. The Labute approximate surface area is 113 Å². The summed E-state index contributed by atoms with van der Waals surface area (Å²) in [7, 11) is -1.83. The highest BCUT2D eigenvalue weighted by Gasteiger charge is 2.27. The number of nitrogens with one attached hydrogen (secondary N) is 1. The van der Waals surface area contributed by atoms with Gasteiger partial charge in [0.05, 0.1) is 0 Å². The second-order valence-corrected chi connectivity index (χ2v) is 6.61. The van der Waals surface area contributed by atoms with Gasteiger partial charge >= 0.3 is 0 Å². The van der Waals surface area contributed by atoms with Crippen molar-refractivity contribution < 1.29 is 13.5 Å². The standard InChI is InChI=1S/C12H19N3O3S/c1-14(10-11-2-4-12(16)5-3-11)19(17,18)15-8-6-13-7-9-15/h2-5,13,16H,6-10H2,1H3. The number of benzene rings is 1. The molecule has 7 heteroatoms. The molecule has 106 valence electrons. The van der Waals surface area contributed by atoms with Crippen molar-refractivity contribution in [1.82, 2.24) is 13.9 Å². The lowest BCUT2D eigenvalue weighted by atomic mass is 10.2. The molecule has 6 nitrogen and oxygen atoms in total. The highest BCUT2D eigenvalue weighted by Crippen LogP contribution is 2.14. The summed E-state index contributed by atoms with van der Waals surface area (Å²) in [5.41, 5.74) is 0.846. The highest BCUT2D eigenvalue weighted by molar-refractivity contribution is 7.86. The molecule has 0 aromatic heterocycles. The quantitative estimate of drug-likeness (QED) is 0.815. The molecule has 0 atom stereocenters. The molecular formula is C12H19N3O3S. The van der Waals surface area contributed by atoms with Crippen LogP contribution in [-0.2, 0) is 16.8 Å². The minimum atomic E-state index is -3.41. The van der Waals surface area contributed by atoms with E-state index in [1.165, 1.54) is 8.61 Å². The first-order chi connectivity index (χ1) is 9.00. The van der Waals surface area contributed by atoms with Crippen LogP contribution in [0.5, 0.6) is 5.75 Å². The summed E-state index contributed by atoms with van der Waals surface area (Å²) in [5, 5.41) is 12.3. The number of hydrogen-bond acceptors (Lipinski definition) is 4. The van der Waals surface area contributed by atoms with E-state index in [-0.39, 0.29) is 5.75 Å². The molecule has 1 aromatic rings. The molecule has 0 unspecified atom stereocenters. The Balaban J connectivity index is 2.05. The Bertz CT molecular complexity index is 510. The Kier molecular flexibility index (Phi) is 4.41. The van der Waals surface area contributed by atoms with Gasteiger partial charge in [-0.05, 0) is 17.7 Å². The van der Waals surface area contributed by atoms with Crippen LogP contribution in [0.2, 0.25) is 0 Å². The summed E-state index contributed by atoms with van der Waals surface area (Å²) in [5.74, 6) is 0.177. The van der Waals surface area contributed by atoms with E-state index in [0.29, 0.717) is 32.7 Å². The van der Waals surface area contributed by atoms with Gasteiger partial charge in [0.15, 0.2) is 0 Å². The molecule has 1 saturated heterocycles. The monoisotopic (exact) mass is 285 g/mol. The van der Waals surface area contributed by atoms with Crippen LogP contribution < -0.4 is 5.32 Å². The normalized spacial score (nSPS) is 17.8. The predicted octanol–water partition coefficient (Wildman–Crippen LogP) is -0.0260. The van der Waals surface area contributed by atoms with E-state index < -0.39 is 10.2 Å². The predicted molar refractivity (Wildman–Crippen MR) is 72.9 cm³/mol. The fourth-order valence-corrected chi connectivity index (χ4v) is 3.36. The topological polar surface area (TPSA) is 72.9 Å². The minimum absolute atomic E-state index is 0.177. The van der Waals surface area contributed by atoms with Crippen molar-refractivity contribution >= 4 is 10.2 Å². The van der Waals surface area contributed by atoms with Crippen molar-refractivity contribution in [1.29, 1.82) is 0 Å². The van der Waals surface area contributed by atoms with Crippen LogP contribution in [0.3, 0.4) is 0 Å². The van der Waals surface area contributed by atoms with Gasteiger partial charge in [-0.2, -0.15) is 17.0 Å². The van der Waals surface area contributed by atoms with Gasteiger partial charge in [-0.25, -0.2) is 0 Å². The third-order valence-corrected chi connectivity index (χ3v) is 5.07. The number of rotatable bonds is 4. The van der Waals surface area contributed by atoms with E-state index in [4.69, 9.17) is 0 Å². The summed E-state index contributed by atoms with van der Waals surface area (Å²) >= 11 is 0. The molecule has 0 saturated carbocycles. The molecule has 2 rings (SSSR count). The zero-order chi connectivity index (χ0) is 13.9. The van der Waals surface area contributed by atoms with Crippen LogP contribution in [0.4, 0.5) is 0 Å². The molecule has 0 aliphatic carbocycles. The van der Waals surface area contributed by atoms with Gasteiger partial charge in [-0.3, -0.25) is 0 Å². The lowest BCUT2D eigenvalue weighted by molar-refractivity contribution is 0.324. The van der Waals surface area contributed by atoms with Gasteiger partial charge < -0.3 is 10.4 Å². The van der Waals surface area contributed by atoms with Crippen LogP contribution in [0, 0.1) is 0 Å². The molecule has 1 aromatic carbocycles. The third kappa shape index (κ3) is 3.44. The van der Waals surface area contributed by atoms with E-state index in [9.17, 15) is 13.5 Å². The van der Waals surface area contributed by atoms with Gasteiger partial charge in [0.2, 0.25) is 0 Å². The number of phenols is 1. The van der Waals surface area contributed by atoms with E-state index in [0.717, 1.165) is 5.56 Å². The number of phenolic OH excluding ortho intramolecular Hbond substituents is 1. The van der Waals surface area contributed by atoms with Crippen molar-refractivity contribution in [2.45, 2.75) is 6.54 Å². The summed E-state index contributed by atoms with van der Waals surface area (Å²) in [6, 6.07) is 6.55. The summed E-state index contributed by atoms with van der Waals surface area (Å²) in [6.45, 7) is 2.68. The van der Waals surface area contributed by atoms with E-state index in [1.54, 1.807) is 31.3 Å². The lowest BCUT2D eigenvalue weighted by Gasteiger charge is -2.30. The first-order valence-corrected chi connectivity index (χ1v) is 7.60. The van der Waals surface area contributed by atoms with Crippen LogP contribution >= 0.6 is 0 Å². The van der Waals surface area contributed by atoms with Crippen LogP contribution in [0.25, 0.3) is 0 Å². The zero-order valence-corrected chi connectivity index (χ0v) is 11.7. The summed E-state index contributed by atoms with van der Waals surface area (Å²) in [6.07, 6.45) is 0. The average molecular weight is 285 g/mol. The molecule has 0 spiro atoms. The Morgan fingerprint density at radius 3 is 2.42 bits per heavy atom. The number of hydrogen-bond donors (Lipinski definition) is 2. The van der Waals surface area contributed by atoms with Crippen molar-refractivity contribution in [2.75, 3.05) is 33.2 Å². The van der Waals surface area contributed by atoms with Crippen LogP contribution in [-0.4, -0.2) is 55.4 Å². The SMILES string of the molecule is CN(Cc1ccc(O)cc1)S(=O)(=O)N1CCNCC1. The van der Waals surface area contributed by atoms with Gasteiger partial charge in [-0.15, -0.1) is 0 Å². The number of piperazine rings is 1. The van der Waals surface area contributed by atoms with Gasteiger partial charge in [0.25, 0.3) is 10.2 Å². The van der Waals surface area contributed by atoms with Crippen molar-refractivity contribution in [3.05, 3.63) is 29.8 Å². The maximum absolute atomic E-state index is 12.3. The smallest absolute Gasteiger partial charge is 0.282 e. The first kappa shape index (κ1) is 14.3. The summed E-state index contributed by atoms with van der Waals surface area (Å²) < 4.78 is 27.5. The molecule has 0 bridgehead atoms. The zero-order valence-electron chi connectivity index (χ0n) is 10.9. The second kappa shape index (κ2) is 5.87. The maximum Gasteiger partial charge on any atom is 0.282 e. The molecule has 1 heterocycles. The highest BCUT2D eigenvalue weighted by atomic mass is 32.2. The van der Waals surface area contributed by atoms with Crippen molar-refractivity contribution in [3.8, 4) is 5.75 Å². The maximum atomic E-state index is 12.3. The van der Waals surface area contributed by atoms with Gasteiger partial charge in [-0.1, -0.05) is 12.1 Å². The first-order valence-electron chi connectivity index (χ1n) is 6.20. The molecule has 0 amide bonds. The molecule has 19 heavy (non-hydrogen) atoms. The summed E-state index contributed by atoms with van der Waals surface area (Å²) in [4.78, 5) is 0. The Hall–Kier alpha value is -1.15. The van der Waals surface area contributed by atoms with Gasteiger partial charge in [0.1, 0.15) is 5.75 Å². The van der Waals surface area contributed by atoms with Crippen LogP contribution in [0.1, 0.15) is 5.56 Å². The van der Waals surface area contributed by atoms with E-state index in [1.807, 2.05) is 0 Å². The molecule has 2 N–H and O–H groups in total. The third-order valence-electron chi connectivity index (χ3n) is 3.14. The average Bonchev–Trinajstić information content (AvgIpc) is 2.42. The number of aromatic hydroxyl groups is 1. The molecular weight excluding hydrogens is 266 g/mol. The number of nitrogens with zero attached hydrogens (tertiary/aromatic N) is 2. The van der Waals surface area contributed by atoms with Crippen molar-refractivity contribution in [2.24, 2.45) is 0 Å². The Morgan fingerprint density at radius 2 is 1.84 bits per heavy atom. The van der Waals surface area contributed by atoms with Crippen molar-refractivity contribution in [3.63, 3.8) is 0 Å². The fourth-order valence-electron chi connectivity index (χ4n) is 2.01. The molecule has 1 aliphatic heterocycles. The van der Waals surface area contributed by atoms with E-state index in [2.05, 4.69) is 5.32 Å². The molecule has 0 radical (unpaired) electrons.